The van der Waals surface area contributed by atoms with Crippen molar-refractivity contribution in [2.45, 2.75) is 25.8 Å². The van der Waals surface area contributed by atoms with E-state index in [9.17, 15) is 4.79 Å². The van der Waals surface area contributed by atoms with E-state index in [0.29, 0.717) is 19.0 Å². The van der Waals surface area contributed by atoms with Crippen molar-refractivity contribution < 1.29 is 9.90 Å². The van der Waals surface area contributed by atoms with E-state index in [4.69, 9.17) is 5.11 Å². The van der Waals surface area contributed by atoms with Crippen LogP contribution < -0.4 is 0 Å². The topological polar surface area (TPSA) is 43.8 Å². The molecule has 4 heteroatoms. The minimum atomic E-state index is -0.00742. The summed E-state index contributed by atoms with van der Waals surface area (Å²) in [6.07, 6.45) is 0. The largest absolute Gasteiger partial charge is 0.395 e. The number of benzene rings is 1. The summed E-state index contributed by atoms with van der Waals surface area (Å²) in [4.78, 5) is 15.4. The fourth-order valence-corrected chi connectivity index (χ4v) is 2.51. The third-order valence-electron chi connectivity index (χ3n) is 3.79. The Hall–Kier alpha value is -1.55. The molecule has 104 valence electrons. The molecule has 1 N–H and O–H groups in total. The van der Waals surface area contributed by atoms with Crippen LogP contribution in [0.5, 0.6) is 0 Å². The first-order valence-corrected chi connectivity index (χ1v) is 6.77. The molecule has 0 aliphatic carbocycles. The zero-order valence-corrected chi connectivity index (χ0v) is 11.8. The first kappa shape index (κ1) is 13.9. The molecular formula is C15H22N2O2. The molecule has 1 unspecified atom stereocenters. The Labute approximate surface area is 114 Å². The van der Waals surface area contributed by atoms with E-state index in [1.54, 1.807) is 9.80 Å². The van der Waals surface area contributed by atoms with Gasteiger partial charge in [0.1, 0.15) is 0 Å². The molecule has 1 aliphatic rings. The smallest absolute Gasteiger partial charge is 0.320 e. The molecular weight excluding hydrogens is 240 g/mol. The van der Waals surface area contributed by atoms with E-state index in [1.165, 1.54) is 5.56 Å². The lowest BCUT2D eigenvalue weighted by molar-refractivity contribution is 0.182. The predicted octanol–water partition coefficient (Wildman–Crippen LogP) is 2.21. The molecule has 0 bridgehead atoms. The number of carbonyl (C=O) groups excluding carboxylic acids is 1. The van der Waals surface area contributed by atoms with Crippen LogP contribution in [0, 0.1) is 0 Å². The van der Waals surface area contributed by atoms with Gasteiger partial charge in [-0.15, -0.1) is 0 Å². The van der Waals surface area contributed by atoms with Gasteiger partial charge in [-0.1, -0.05) is 38.1 Å². The molecule has 1 aromatic rings. The summed E-state index contributed by atoms with van der Waals surface area (Å²) < 4.78 is 0. The van der Waals surface area contributed by atoms with Crippen molar-refractivity contribution in [3.05, 3.63) is 35.4 Å². The molecule has 1 atom stereocenters. The van der Waals surface area contributed by atoms with E-state index < -0.39 is 0 Å². The summed E-state index contributed by atoms with van der Waals surface area (Å²) in [5.41, 5.74) is 2.46. The summed E-state index contributed by atoms with van der Waals surface area (Å²) in [6.45, 7) is 5.41. The van der Waals surface area contributed by atoms with Gasteiger partial charge in [0.2, 0.25) is 0 Å². The number of nitrogens with zero attached hydrogens (tertiary/aromatic N) is 2. The van der Waals surface area contributed by atoms with Crippen molar-refractivity contribution in [2.75, 3.05) is 26.7 Å². The highest BCUT2D eigenvalue weighted by atomic mass is 16.3. The Balaban J connectivity index is 2.15. The molecule has 1 aromatic carbocycles. The maximum atomic E-state index is 12.0. The second kappa shape index (κ2) is 5.61. The number of β-amino-alcohol motifs (C(OH)–C–C–N with tert-alkyl or cyclic N) is 1. The number of aliphatic hydroxyl groups excluding tert-OH is 1. The normalized spacial score (nSPS) is 19.6. The first-order chi connectivity index (χ1) is 9.04. The van der Waals surface area contributed by atoms with Crippen LogP contribution in [0.25, 0.3) is 0 Å². The first-order valence-electron chi connectivity index (χ1n) is 6.77. The maximum absolute atomic E-state index is 12.0. The second-order valence-electron chi connectivity index (χ2n) is 5.40. The van der Waals surface area contributed by atoms with Crippen LogP contribution in [0.1, 0.15) is 36.9 Å². The molecule has 2 amide bonds. The van der Waals surface area contributed by atoms with Crippen molar-refractivity contribution in [1.82, 2.24) is 9.80 Å². The van der Waals surface area contributed by atoms with Gasteiger partial charge < -0.3 is 14.9 Å². The second-order valence-corrected chi connectivity index (χ2v) is 5.40. The Kier molecular flexibility index (Phi) is 4.10. The zero-order valence-electron chi connectivity index (χ0n) is 11.8. The number of amides is 2. The molecule has 1 heterocycles. The highest BCUT2D eigenvalue weighted by Gasteiger charge is 2.34. The van der Waals surface area contributed by atoms with Gasteiger partial charge in [0.15, 0.2) is 0 Å². The Morgan fingerprint density at radius 3 is 2.47 bits per heavy atom. The zero-order chi connectivity index (χ0) is 14.0. The number of urea groups is 1. The Bertz CT molecular complexity index is 442. The number of carbonyl (C=O) groups is 1. The van der Waals surface area contributed by atoms with Crippen LogP contribution in [-0.4, -0.2) is 47.7 Å². The van der Waals surface area contributed by atoms with Gasteiger partial charge in [0, 0.05) is 20.1 Å². The van der Waals surface area contributed by atoms with Gasteiger partial charge in [0.25, 0.3) is 0 Å². The van der Waals surface area contributed by atoms with Gasteiger partial charge in [-0.05, 0) is 17.0 Å². The van der Waals surface area contributed by atoms with Gasteiger partial charge in [0.05, 0.1) is 12.6 Å². The van der Waals surface area contributed by atoms with Crippen molar-refractivity contribution in [3.63, 3.8) is 0 Å². The van der Waals surface area contributed by atoms with Crippen LogP contribution in [0.4, 0.5) is 4.79 Å². The molecule has 0 aromatic heterocycles. The summed E-state index contributed by atoms with van der Waals surface area (Å²) >= 11 is 0. The van der Waals surface area contributed by atoms with E-state index in [-0.39, 0.29) is 18.7 Å². The monoisotopic (exact) mass is 262 g/mol. The molecule has 0 saturated carbocycles. The predicted molar refractivity (Wildman–Crippen MR) is 75.1 cm³/mol. The molecule has 0 radical (unpaired) electrons. The quantitative estimate of drug-likeness (QED) is 0.904. The van der Waals surface area contributed by atoms with Gasteiger partial charge in [-0.3, -0.25) is 0 Å². The van der Waals surface area contributed by atoms with Gasteiger partial charge in [-0.25, -0.2) is 4.79 Å². The highest BCUT2D eigenvalue weighted by molar-refractivity contribution is 5.77. The third kappa shape index (κ3) is 2.73. The Morgan fingerprint density at radius 1 is 1.32 bits per heavy atom. The average Bonchev–Trinajstić information content (AvgIpc) is 2.68. The highest BCUT2D eigenvalue weighted by Crippen LogP contribution is 2.28. The lowest BCUT2D eigenvalue weighted by Gasteiger charge is -2.18. The van der Waals surface area contributed by atoms with E-state index in [2.05, 4.69) is 38.1 Å². The summed E-state index contributed by atoms with van der Waals surface area (Å²) in [7, 11) is 1.82. The van der Waals surface area contributed by atoms with Gasteiger partial charge in [-0.2, -0.15) is 0 Å². The van der Waals surface area contributed by atoms with Crippen molar-refractivity contribution in [2.24, 2.45) is 0 Å². The standard InChI is InChI=1S/C15H22N2O2/c1-11(2)12-4-6-13(7-5-12)14-10-17(8-9-18)15(19)16(14)3/h4-7,11,14,18H,8-10H2,1-3H3. The van der Waals surface area contributed by atoms with Crippen molar-refractivity contribution >= 4 is 6.03 Å². The third-order valence-corrected chi connectivity index (χ3v) is 3.79. The minimum Gasteiger partial charge on any atom is -0.395 e. The fourth-order valence-electron chi connectivity index (χ4n) is 2.51. The van der Waals surface area contributed by atoms with E-state index >= 15 is 0 Å². The summed E-state index contributed by atoms with van der Waals surface area (Å²) in [5, 5.41) is 8.97. The van der Waals surface area contributed by atoms with E-state index in [0.717, 1.165) is 5.56 Å². The fraction of sp³-hybridized carbons (Fsp3) is 0.533. The molecule has 1 aliphatic heterocycles. The lowest BCUT2D eigenvalue weighted by Crippen LogP contribution is -2.31. The molecule has 1 saturated heterocycles. The lowest BCUT2D eigenvalue weighted by atomic mass is 9.99. The summed E-state index contributed by atoms with van der Waals surface area (Å²) in [5.74, 6) is 0.517. The number of hydrogen-bond donors (Lipinski definition) is 1. The SMILES string of the molecule is CC(C)c1ccc(C2CN(CCO)C(=O)N2C)cc1. The van der Waals surface area contributed by atoms with Crippen LogP contribution in [0.15, 0.2) is 24.3 Å². The van der Waals surface area contributed by atoms with Crippen LogP contribution in [0.2, 0.25) is 0 Å². The maximum Gasteiger partial charge on any atom is 0.320 e. The molecule has 1 fully saturated rings. The molecule has 2 rings (SSSR count). The van der Waals surface area contributed by atoms with Crippen LogP contribution in [0.3, 0.4) is 0 Å². The Morgan fingerprint density at radius 2 is 1.95 bits per heavy atom. The van der Waals surface area contributed by atoms with Crippen molar-refractivity contribution in [3.8, 4) is 0 Å². The molecule has 0 spiro atoms. The van der Waals surface area contributed by atoms with Crippen LogP contribution >= 0.6 is 0 Å². The van der Waals surface area contributed by atoms with E-state index in [1.807, 2.05) is 7.05 Å². The number of hydrogen-bond acceptors (Lipinski definition) is 2. The van der Waals surface area contributed by atoms with Crippen molar-refractivity contribution in [1.29, 1.82) is 0 Å². The number of aliphatic hydroxyl groups is 1. The summed E-state index contributed by atoms with van der Waals surface area (Å²) in [6, 6.07) is 8.55. The van der Waals surface area contributed by atoms with Crippen LogP contribution in [-0.2, 0) is 0 Å². The number of likely N-dealkylation sites (N-methyl/N-ethyl adjacent to an activating group) is 1. The molecule has 4 nitrogen and oxygen atoms in total. The average molecular weight is 262 g/mol. The minimum absolute atomic E-state index is 0.00742. The van der Waals surface area contributed by atoms with Gasteiger partial charge >= 0.3 is 6.03 Å². The molecule has 19 heavy (non-hydrogen) atoms. The number of rotatable bonds is 4.